The topological polar surface area (TPSA) is 85.3 Å². The largest absolute Gasteiger partial charge is 0.462 e. The maximum absolute atomic E-state index is 12.3. The normalized spacial score (nSPS) is 16.0. The third kappa shape index (κ3) is 2.97. The van der Waals surface area contributed by atoms with Crippen LogP contribution in [-0.4, -0.2) is 12.6 Å². The van der Waals surface area contributed by atoms with Crippen molar-refractivity contribution in [3.8, 4) is 11.8 Å². The van der Waals surface area contributed by atoms with Crippen molar-refractivity contribution in [2.45, 2.75) is 19.8 Å². The minimum atomic E-state index is -0.462. The lowest BCUT2D eigenvalue weighted by molar-refractivity contribution is 0.0522. The molecule has 0 aliphatic carbocycles. The van der Waals surface area contributed by atoms with Gasteiger partial charge < -0.3 is 15.2 Å². The molecule has 1 aliphatic rings. The number of halogens is 1. The lowest BCUT2D eigenvalue weighted by atomic mass is 9.88. The molecule has 2 aromatic rings. The van der Waals surface area contributed by atoms with Gasteiger partial charge in [0.2, 0.25) is 5.88 Å². The second-order valence-corrected chi connectivity index (χ2v) is 7.12. The summed E-state index contributed by atoms with van der Waals surface area (Å²) in [4.78, 5) is 13.8. The fraction of sp³-hybridized carbons (Fsp3) is 0.222. The first-order valence-electron chi connectivity index (χ1n) is 7.61. The van der Waals surface area contributed by atoms with Gasteiger partial charge in [-0.15, -0.1) is 11.3 Å². The Bertz CT molecular complexity index is 927. The van der Waals surface area contributed by atoms with E-state index in [1.54, 1.807) is 19.1 Å². The van der Waals surface area contributed by atoms with Gasteiger partial charge >= 0.3 is 5.97 Å². The smallest absolute Gasteiger partial charge is 0.343 e. The maximum atomic E-state index is 12.3. The van der Waals surface area contributed by atoms with Crippen LogP contribution in [0.25, 0.3) is 0 Å². The fourth-order valence-electron chi connectivity index (χ4n) is 2.84. The van der Waals surface area contributed by atoms with Crippen molar-refractivity contribution < 1.29 is 14.3 Å². The summed E-state index contributed by atoms with van der Waals surface area (Å²) in [6, 6.07) is 9.34. The Morgan fingerprint density at radius 3 is 2.92 bits per heavy atom. The second-order valence-electron chi connectivity index (χ2n) is 5.43. The Kier molecular flexibility index (Phi) is 4.71. The molecule has 1 aromatic carbocycles. The van der Waals surface area contributed by atoms with Crippen LogP contribution in [0.3, 0.4) is 0 Å². The van der Waals surface area contributed by atoms with Crippen LogP contribution in [0.15, 0.2) is 35.7 Å². The number of rotatable bonds is 3. The highest BCUT2D eigenvalue weighted by atomic mass is 35.5. The number of esters is 1. The third-order valence-electron chi connectivity index (χ3n) is 3.88. The monoisotopic (exact) mass is 374 g/mol. The van der Waals surface area contributed by atoms with E-state index in [-0.39, 0.29) is 12.5 Å². The molecule has 25 heavy (non-hydrogen) atoms. The molecule has 1 aromatic heterocycles. The van der Waals surface area contributed by atoms with Gasteiger partial charge in [-0.05, 0) is 31.5 Å². The molecule has 0 bridgehead atoms. The number of carbonyl (C=O) groups is 1. The summed E-state index contributed by atoms with van der Waals surface area (Å²) in [5, 5.41) is 10.1. The van der Waals surface area contributed by atoms with E-state index in [1.165, 1.54) is 11.3 Å². The third-order valence-corrected chi connectivity index (χ3v) is 5.26. The summed E-state index contributed by atoms with van der Waals surface area (Å²) in [6.45, 7) is 3.81. The molecule has 7 heteroatoms. The van der Waals surface area contributed by atoms with Crippen molar-refractivity contribution in [3.63, 3.8) is 0 Å². The average Bonchev–Trinajstić information content (AvgIpc) is 2.89. The van der Waals surface area contributed by atoms with E-state index in [9.17, 15) is 10.1 Å². The van der Waals surface area contributed by atoms with Crippen molar-refractivity contribution in [1.82, 2.24) is 0 Å². The number of benzene rings is 1. The summed E-state index contributed by atoms with van der Waals surface area (Å²) in [7, 11) is 0. The standard InChI is InChI=1S/C18H15ClN2O3S/c1-3-23-18(22)13-9(2)25-16-14(10-5-4-6-11(19)7-10)12(8-20)17(21)24-15(13)16/h4-7,14H,3,21H2,1-2H3. The minimum Gasteiger partial charge on any atom is -0.462 e. The van der Waals surface area contributed by atoms with E-state index in [4.69, 9.17) is 26.8 Å². The average molecular weight is 375 g/mol. The van der Waals surface area contributed by atoms with Gasteiger partial charge in [-0.25, -0.2) is 4.79 Å². The maximum Gasteiger partial charge on any atom is 0.343 e. The number of nitrogens with zero attached hydrogens (tertiary/aromatic N) is 1. The van der Waals surface area contributed by atoms with Gasteiger partial charge in [-0.1, -0.05) is 23.7 Å². The summed E-state index contributed by atoms with van der Waals surface area (Å²) in [5.41, 5.74) is 7.44. The van der Waals surface area contributed by atoms with Crippen molar-refractivity contribution in [1.29, 1.82) is 5.26 Å². The second kappa shape index (κ2) is 6.79. The van der Waals surface area contributed by atoms with Gasteiger partial charge in [0.05, 0.1) is 17.4 Å². The van der Waals surface area contributed by atoms with Crippen LogP contribution in [-0.2, 0) is 4.74 Å². The van der Waals surface area contributed by atoms with E-state index in [2.05, 4.69) is 6.07 Å². The number of ether oxygens (including phenoxy) is 2. The molecule has 0 fully saturated rings. The molecule has 5 nitrogen and oxygen atoms in total. The van der Waals surface area contributed by atoms with Gasteiger partial charge in [-0.2, -0.15) is 5.26 Å². The fourth-order valence-corrected chi connectivity index (χ4v) is 4.25. The van der Waals surface area contributed by atoms with Gasteiger partial charge in [0.1, 0.15) is 17.2 Å². The molecule has 0 saturated heterocycles. The van der Waals surface area contributed by atoms with E-state index >= 15 is 0 Å². The summed E-state index contributed by atoms with van der Waals surface area (Å²) >= 11 is 7.51. The molecule has 0 saturated carbocycles. The van der Waals surface area contributed by atoms with Crippen LogP contribution in [0.1, 0.15) is 38.5 Å². The Labute approximate surface area is 154 Å². The molecule has 3 rings (SSSR count). The van der Waals surface area contributed by atoms with Crippen LogP contribution in [0.5, 0.6) is 5.75 Å². The summed E-state index contributed by atoms with van der Waals surface area (Å²) in [6.07, 6.45) is 0. The molecule has 0 amide bonds. The molecule has 1 unspecified atom stereocenters. The lowest BCUT2D eigenvalue weighted by Crippen LogP contribution is -2.21. The number of nitrogens with two attached hydrogens (primary N) is 1. The van der Waals surface area contributed by atoms with Crippen molar-refractivity contribution >= 4 is 28.9 Å². The molecule has 1 aliphatic heterocycles. The van der Waals surface area contributed by atoms with Crippen LogP contribution >= 0.6 is 22.9 Å². The Morgan fingerprint density at radius 2 is 2.28 bits per heavy atom. The van der Waals surface area contributed by atoms with Crippen molar-refractivity contribution in [2.24, 2.45) is 5.73 Å². The molecule has 0 radical (unpaired) electrons. The number of hydrogen-bond donors (Lipinski definition) is 1. The van der Waals surface area contributed by atoms with E-state index in [0.29, 0.717) is 21.9 Å². The number of nitriles is 1. The zero-order chi connectivity index (χ0) is 18.1. The zero-order valence-electron chi connectivity index (χ0n) is 13.6. The first-order chi connectivity index (χ1) is 12.0. The van der Waals surface area contributed by atoms with Gasteiger partial charge in [0.15, 0.2) is 5.75 Å². The molecular weight excluding hydrogens is 360 g/mol. The molecule has 128 valence electrons. The van der Waals surface area contributed by atoms with Crippen LogP contribution in [0.4, 0.5) is 0 Å². The number of fused-ring (bicyclic) bond motifs is 1. The predicted octanol–water partition coefficient (Wildman–Crippen LogP) is 4.10. The quantitative estimate of drug-likeness (QED) is 0.817. The highest BCUT2D eigenvalue weighted by molar-refractivity contribution is 7.12. The summed E-state index contributed by atoms with van der Waals surface area (Å²) < 4.78 is 10.8. The predicted molar refractivity (Wildman–Crippen MR) is 95.8 cm³/mol. The van der Waals surface area contributed by atoms with E-state index < -0.39 is 11.9 Å². The molecule has 2 N–H and O–H groups in total. The number of hydrogen-bond acceptors (Lipinski definition) is 6. The van der Waals surface area contributed by atoms with Crippen molar-refractivity contribution in [2.75, 3.05) is 6.61 Å². The van der Waals surface area contributed by atoms with Crippen molar-refractivity contribution in [3.05, 3.63) is 61.6 Å². The number of aryl methyl sites for hydroxylation is 1. The van der Waals surface area contributed by atoms with Crippen LogP contribution in [0, 0.1) is 18.3 Å². The first-order valence-corrected chi connectivity index (χ1v) is 8.80. The van der Waals surface area contributed by atoms with Gasteiger partial charge in [0.25, 0.3) is 0 Å². The van der Waals surface area contributed by atoms with Gasteiger partial charge in [0, 0.05) is 9.90 Å². The minimum absolute atomic E-state index is 0.0108. The number of allylic oxidation sites excluding steroid dienone is 1. The first kappa shape index (κ1) is 17.3. The highest BCUT2D eigenvalue weighted by Gasteiger charge is 2.37. The van der Waals surface area contributed by atoms with Crippen LogP contribution in [0.2, 0.25) is 5.02 Å². The lowest BCUT2D eigenvalue weighted by Gasteiger charge is -2.24. The molecule has 1 atom stereocenters. The zero-order valence-corrected chi connectivity index (χ0v) is 15.2. The Hall–Kier alpha value is -2.49. The molecule has 0 spiro atoms. The van der Waals surface area contributed by atoms with E-state index in [0.717, 1.165) is 15.3 Å². The Morgan fingerprint density at radius 1 is 1.52 bits per heavy atom. The SMILES string of the molecule is CCOC(=O)c1c(C)sc2c1OC(N)=C(C#N)C2c1cccc(Cl)c1. The Balaban J connectivity index is 2.22. The van der Waals surface area contributed by atoms with E-state index in [1.807, 2.05) is 19.1 Å². The molecular formula is C18H15ClN2O3S. The number of thiophene rings is 1. The van der Waals surface area contributed by atoms with Crippen LogP contribution < -0.4 is 10.5 Å². The summed E-state index contributed by atoms with van der Waals surface area (Å²) in [5.74, 6) is -0.541. The number of carbonyl (C=O) groups excluding carboxylic acids is 1. The highest BCUT2D eigenvalue weighted by Crippen LogP contribution is 2.49. The van der Waals surface area contributed by atoms with Gasteiger partial charge in [-0.3, -0.25) is 0 Å². The molecule has 2 heterocycles.